The summed E-state index contributed by atoms with van der Waals surface area (Å²) in [6.45, 7) is 7.08. The molecule has 1 N–H and O–H groups in total. The zero-order valence-electron chi connectivity index (χ0n) is 25.0. The first-order chi connectivity index (χ1) is 21.1. The van der Waals surface area contributed by atoms with Crippen LogP contribution < -0.4 is 19.9 Å². The van der Waals surface area contributed by atoms with Gasteiger partial charge in [0.1, 0.15) is 0 Å². The average molecular weight is 581 g/mol. The van der Waals surface area contributed by atoms with E-state index in [9.17, 15) is 4.79 Å². The van der Waals surface area contributed by atoms with E-state index < -0.39 is 0 Å². The molecule has 1 unspecified atom stereocenters. The largest absolute Gasteiger partial charge is 0.493 e. The minimum absolute atomic E-state index is 0.0279. The van der Waals surface area contributed by atoms with Gasteiger partial charge in [-0.3, -0.25) is 20.1 Å². The van der Waals surface area contributed by atoms with Crippen molar-refractivity contribution in [3.05, 3.63) is 95.6 Å². The van der Waals surface area contributed by atoms with E-state index in [2.05, 4.69) is 59.4 Å². The zero-order valence-corrected chi connectivity index (χ0v) is 25.0. The number of carbonyl (C=O) groups is 1. The molecule has 8 heteroatoms. The lowest BCUT2D eigenvalue weighted by Gasteiger charge is -2.40. The molecule has 3 atom stereocenters. The Labute approximate surface area is 253 Å². The molecule has 0 aromatic heterocycles. The van der Waals surface area contributed by atoms with Gasteiger partial charge in [0.15, 0.2) is 18.1 Å². The summed E-state index contributed by atoms with van der Waals surface area (Å²) in [5, 5.41) is 0. The lowest BCUT2D eigenvalue weighted by molar-refractivity contribution is -0.138. The van der Waals surface area contributed by atoms with E-state index in [1.54, 1.807) is 14.2 Å². The number of hydroxylamine groups is 1. The lowest BCUT2D eigenvalue weighted by atomic mass is 9.68. The van der Waals surface area contributed by atoms with Crippen LogP contribution in [0.25, 0.3) is 5.70 Å². The van der Waals surface area contributed by atoms with Crippen molar-refractivity contribution >= 4 is 23.5 Å². The summed E-state index contributed by atoms with van der Waals surface area (Å²) < 4.78 is 11.2. The van der Waals surface area contributed by atoms with Gasteiger partial charge in [-0.1, -0.05) is 55.5 Å². The molecule has 43 heavy (non-hydrogen) atoms. The third-order valence-corrected chi connectivity index (χ3v) is 9.05. The molecule has 8 nitrogen and oxygen atoms in total. The minimum atomic E-state index is -0.0399. The summed E-state index contributed by atoms with van der Waals surface area (Å²) in [7, 11) is 3.35. The van der Waals surface area contributed by atoms with Crippen molar-refractivity contribution in [1.82, 2.24) is 10.4 Å². The van der Waals surface area contributed by atoms with Crippen molar-refractivity contribution in [1.29, 1.82) is 0 Å². The van der Waals surface area contributed by atoms with Gasteiger partial charge in [0, 0.05) is 44.0 Å². The third kappa shape index (κ3) is 6.11. The predicted octanol–water partition coefficient (Wildman–Crippen LogP) is 5.40. The van der Waals surface area contributed by atoms with Crippen LogP contribution in [0, 0.1) is 0 Å². The first-order valence-corrected chi connectivity index (χ1v) is 15.1. The second-order valence-corrected chi connectivity index (χ2v) is 11.4. The van der Waals surface area contributed by atoms with Gasteiger partial charge in [-0.2, -0.15) is 0 Å². The summed E-state index contributed by atoms with van der Waals surface area (Å²) in [5.74, 6) is 2.08. The fraction of sp³-hybridized carbons (Fsp3) is 0.371. The fourth-order valence-electron chi connectivity index (χ4n) is 6.75. The molecule has 0 bridgehead atoms. The Kier molecular flexibility index (Phi) is 8.65. The molecule has 2 aliphatic heterocycles. The van der Waals surface area contributed by atoms with Crippen LogP contribution in [0.1, 0.15) is 53.4 Å². The number of fused-ring (bicyclic) bond motifs is 3. The smallest absolute Gasteiger partial charge is 0.251 e. The number of benzene rings is 3. The van der Waals surface area contributed by atoms with Gasteiger partial charge < -0.3 is 19.3 Å². The first kappa shape index (κ1) is 28.8. The molecule has 224 valence electrons. The Balaban J connectivity index is 1.04. The second-order valence-electron chi connectivity index (χ2n) is 11.4. The number of nitrogens with one attached hydrogen (secondary N) is 1. The molecule has 1 aliphatic carbocycles. The number of hydrogen-bond donors (Lipinski definition) is 1. The Morgan fingerprint density at radius 1 is 0.953 bits per heavy atom. The maximum atomic E-state index is 12.7. The first-order valence-electron chi connectivity index (χ1n) is 15.1. The molecule has 2 heterocycles. The maximum Gasteiger partial charge on any atom is 0.251 e. The number of amides is 1. The number of nitrogens with zero attached hydrogens (tertiary/aromatic N) is 3. The molecule has 3 aromatic carbocycles. The normalized spacial score (nSPS) is 21.0. The highest BCUT2D eigenvalue weighted by molar-refractivity contribution is 5.85. The Morgan fingerprint density at radius 3 is 2.40 bits per heavy atom. The zero-order chi connectivity index (χ0) is 29.8. The molecule has 1 amide bonds. The molecule has 1 saturated heterocycles. The van der Waals surface area contributed by atoms with Gasteiger partial charge >= 0.3 is 0 Å². The Morgan fingerprint density at radius 2 is 1.67 bits per heavy atom. The summed E-state index contributed by atoms with van der Waals surface area (Å²) in [6, 6.07) is 23.3. The standard InChI is InChI=1S/C35H40N4O4/c1-24(37-43-23-34(40)39-18-16-38(17-19-39)28-8-5-4-6-9-28)25-12-14-26(15-13-25)29-10-7-11-31-35(29)30-21-33(42-3)32(41-2)20-27(30)22-36-31/h4-6,8-9,12-15,20-22,29,31,35,37H,1,7,10-11,16-19,23H2,2-3H3/t29?,31-,35-/m1/s1. The number of aliphatic imine (C=N–C) groups is 1. The molecular weight excluding hydrogens is 540 g/mol. The maximum absolute atomic E-state index is 12.7. The summed E-state index contributed by atoms with van der Waals surface area (Å²) in [5.41, 5.74) is 9.29. The van der Waals surface area contributed by atoms with Crippen molar-refractivity contribution in [2.75, 3.05) is 51.9 Å². The summed E-state index contributed by atoms with van der Waals surface area (Å²) in [4.78, 5) is 27.4. The lowest BCUT2D eigenvalue weighted by Crippen LogP contribution is -2.50. The Hall–Kier alpha value is -4.30. The molecule has 6 rings (SSSR count). The van der Waals surface area contributed by atoms with Gasteiger partial charge in [0.2, 0.25) is 0 Å². The topological polar surface area (TPSA) is 75.6 Å². The number of methoxy groups -OCH3 is 2. The summed E-state index contributed by atoms with van der Waals surface area (Å²) in [6.07, 6.45) is 5.33. The minimum Gasteiger partial charge on any atom is -0.493 e. The third-order valence-electron chi connectivity index (χ3n) is 9.05. The van der Waals surface area contributed by atoms with Crippen molar-refractivity contribution < 1.29 is 19.1 Å². The number of para-hydroxylation sites is 1. The van der Waals surface area contributed by atoms with Gasteiger partial charge in [0.25, 0.3) is 5.91 Å². The van der Waals surface area contributed by atoms with E-state index in [-0.39, 0.29) is 24.5 Å². The highest BCUT2D eigenvalue weighted by Crippen LogP contribution is 2.49. The van der Waals surface area contributed by atoms with Crippen LogP contribution in [0.3, 0.4) is 0 Å². The SMILES string of the molecule is C=C(NOCC(=O)N1CCN(c2ccccc2)CC1)c1ccc(C2CCC[C@H]3N=Cc4cc(OC)c(OC)cc4[C@@H]23)cc1. The van der Waals surface area contributed by atoms with Crippen molar-refractivity contribution in [2.45, 2.75) is 37.1 Å². The molecular formula is C35H40N4O4. The van der Waals surface area contributed by atoms with E-state index in [1.807, 2.05) is 35.4 Å². The van der Waals surface area contributed by atoms with E-state index in [1.165, 1.54) is 16.8 Å². The molecule has 2 fully saturated rings. The molecule has 3 aromatic rings. The van der Waals surface area contributed by atoms with E-state index >= 15 is 0 Å². The predicted molar refractivity (Wildman–Crippen MR) is 170 cm³/mol. The van der Waals surface area contributed by atoms with Crippen LogP contribution in [-0.2, 0) is 9.63 Å². The number of piperazine rings is 1. The quantitative estimate of drug-likeness (QED) is 0.342. The summed E-state index contributed by atoms with van der Waals surface area (Å²) >= 11 is 0. The molecule has 1 saturated carbocycles. The highest BCUT2D eigenvalue weighted by Gasteiger charge is 2.38. The number of rotatable bonds is 9. The van der Waals surface area contributed by atoms with Gasteiger partial charge in [-0.15, -0.1) is 0 Å². The van der Waals surface area contributed by atoms with Crippen LogP contribution in [0.15, 0.2) is 78.3 Å². The molecule has 0 spiro atoms. The van der Waals surface area contributed by atoms with Crippen LogP contribution in [0.5, 0.6) is 11.5 Å². The van der Waals surface area contributed by atoms with Crippen LogP contribution >= 0.6 is 0 Å². The molecule has 0 radical (unpaired) electrons. The highest BCUT2D eigenvalue weighted by atomic mass is 16.6. The second kappa shape index (κ2) is 12.9. The van der Waals surface area contributed by atoms with Crippen LogP contribution in [-0.4, -0.2) is 70.1 Å². The van der Waals surface area contributed by atoms with Gasteiger partial charge in [-0.05, 0) is 65.3 Å². The van der Waals surface area contributed by atoms with Gasteiger partial charge in [0.05, 0.1) is 26.0 Å². The van der Waals surface area contributed by atoms with E-state index in [0.717, 1.165) is 55.0 Å². The van der Waals surface area contributed by atoms with E-state index in [4.69, 9.17) is 19.3 Å². The van der Waals surface area contributed by atoms with Crippen molar-refractivity contribution in [3.63, 3.8) is 0 Å². The monoisotopic (exact) mass is 580 g/mol. The number of hydrogen-bond acceptors (Lipinski definition) is 7. The molecule has 3 aliphatic rings. The van der Waals surface area contributed by atoms with Crippen LogP contribution in [0.2, 0.25) is 0 Å². The average Bonchev–Trinajstić information content (AvgIpc) is 3.07. The Bertz CT molecular complexity index is 1470. The number of anilines is 1. The number of carbonyl (C=O) groups excluding carboxylic acids is 1. The van der Waals surface area contributed by atoms with Crippen molar-refractivity contribution in [3.8, 4) is 11.5 Å². The van der Waals surface area contributed by atoms with Crippen molar-refractivity contribution in [2.24, 2.45) is 4.99 Å². The van der Waals surface area contributed by atoms with Crippen LogP contribution in [0.4, 0.5) is 5.69 Å². The number of ether oxygens (including phenoxy) is 2. The fourth-order valence-corrected chi connectivity index (χ4v) is 6.75. The van der Waals surface area contributed by atoms with E-state index in [0.29, 0.717) is 24.7 Å². The van der Waals surface area contributed by atoms with Gasteiger partial charge in [-0.25, -0.2) is 0 Å².